The normalized spacial score (nSPS) is 12.8. The van der Waals surface area contributed by atoms with E-state index in [0.29, 0.717) is 12.1 Å². The first kappa shape index (κ1) is 26.3. The van der Waals surface area contributed by atoms with Gasteiger partial charge in [0.2, 0.25) is 11.8 Å². The van der Waals surface area contributed by atoms with Gasteiger partial charge in [0.1, 0.15) is 24.2 Å². The van der Waals surface area contributed by atoms with Gasteiger partial charge < -0.3 is 20.3 Å². The quantitative estimate of drug-likeness (QED) is 0.290. The minimum Gasteiger partial charge on any atom is -0.444 e. The summed E-state index contributed by atoms with van der Waals surface area (Å²) in [6, 6.07) is 8.61. The summed E-state index contributed by atoms with van der Waals surface area (Å²) in [6.45, 7) is 7.25. The Balaban J connectivity index is 3.20. The molecule has 0 bridgehead atoms. The number of carbonyl (C=O) groups excluding carboxylic acids is 3. The van der Waals surface area contributed by atoms with Crippen LogP contribution in [0, 0.1) is 11.3 Å². The van der Waals surface area contributed by atoms with Crippen LogP contribution in [0.25, 0.3) is 0 Å². The number of nitriles is 1. The Hall–Kier alpha value is -2.73. The molecule has 3 amide bonds. The number of amides is 3. The molecule has 31 heavy (non-hydrogen) atoms. The molecule has 0 aliphatic heterocycles. The zero-order chi connectivity index (χ0) is 23.4. The van der Waals surface area contributed by atoms with Crippen LogP contribution < -0.4 is 10.6 Å². The molecule has 0 aliphatic carbocycles. The first-order chi connectivity index (χ1) is 14.6. The standard InChI is InChI=1S/C22H32N4O4S/c1-5-6-13-24-19(27)18(16-10-8-7-9-11-16)26(14-12-23)20(28)17(15-31)25-21(29)30-22(2,3)4/h7-11,17-18,31H,5-6,13-15H2,1-4H3,(H,24,27)(H,25,29). The van der Waals surface area contributed by atoms with E-state index in [4.69, 9.17) is 4.74 Å². The Morgan fingerprint density at radius 2 is 1.87 bits per heavy atom. The van der Waals surface area contributed by atoms with Crippen molar-refractivity contribution in [2.24, 2.45) is 0 Å². The minimum atomic E-state index is -1.07. The Morgan fingerprint density at radius 3 is 2.39 bits per heavy atom. The lowest BCUT2D eigenvalue weighted by atomic mass is 10.0. The van der Waals surface area contributed by atoms with Crippen LogP contribution in [0.2, 0.25) is 0 Å². The molecule has 0 radical (unpaired) electrons. The van der Waals surface area contributed by atoms with E-state index in [1.807, 2.05) is 13.0 Å². The molecule has 2 unspecified atom stereocenters. The summed E-state index contributed by atoms with van der Waals surface area (Å²) in [5.74, 6) is -1.01. The summed E-state index contributed by atoms with van der Waals surface area (Å²) in [5.41, 5.74) is -0.179. The Morgan fingerprint density at radius 1 is 1.23 bits per heavy atom. The lowest BCUT2D eigenvalue weighted by Crippen LogP contribution is -2.54. The van der Waals surface area contributed by atoms with Gasteiger partial charge in [-0.05, 0) is 32.8 Å². The number of alkyl carbamates (subject to hydrolysis) is 1. The molecule has 2 N–H and O–H groups in total. The number of carbonyl (C=O) groups is 3. The van der Waals surface area contributed by atoms with Gasteiger partial charge in [-0.1, -0.05) is 43.7 Å². The predicted molar refractivity (Wildman–Crippen MR) is 121 cm³/mol. The van der Waals surface area contributed by atoms with Gasteiger partial charge in [0.05, 0.1) is 6.07 Å². The maximum absolute atomic E-state index is 13.3. The molecular formula is C22H32N4O4S. The molecule has 1 aromatic carbocycles. The molecule has 0 heterocycles. The number of hydrogen-bond acceptors (Lipinski definition) is 6. The van der Waals surface area contributed by atoms with Crippen LogP contribution in [0.5, 0.6) is 0 Å². The van der Waals surface area contributed by atoms with E-state index >= 15 is 0 Å². The molecule has 0 aromatic heterocycles. The molecule has 170 valence electrons. The van der Waals surface area contributed by atoms with Crippen molar-refractivity contribution < 1.29 is 19.1 Å². The maximum atomic E-state index is 13.3. The monoisotopic (exact) mass is 448 g/mol. The zero-order valence-corrected chi connectivity index (χ0v) is 19.4. The third-order valence-electron chi connectivity index (χ3n) is 4.20. The van der Waals surface area contributed by atoms with Crippen LogP contribution in [0.15, 0.2) is 30.3 Å². The van der Waals surface area contributed by atoms with Gasteiger partial charge in [0.25, 0.3) is 0 Å². The largest absolute Gasteiger partial charge is 0.444 e. The van der Waals surface area contributed by atoms with Crippen molar-refractivity contribution in [2.75, 3.05) is 18.8 Å². The minimum absolute atomic E-state index is 0.0288. The van der Waals surface area contributed by atoms with Crippen molar-refractivity contribution in [3.8, 4) is 6.07 Å². The van der Waals surface area contributed by atoms with E-state index in [1.165, 1.54) is 0 Å². The topological polar surface area (TPSA) is 112 Å². The molecular weight excluding hydrogens is 416 g/mol. The van der Waals surface area contributed by atoms with Crippen molar-refractivity contribution in [1.82, 2.24) is 15.5 Å². The van der Waals surface area contributed by atoms with Gasteiger partial charge >= 0.3 is 6.09 Å². The van der Waals surface area contributed by atoms with Crippen molar-refractivity contribution in [1.29, 1.82) is 5.26 Å². The average Bonchev–Trinajstić information content (AvgIpc) is 2.71. The SMILES string of the molecule is CCCCNC(=O)C(c1ccccc1)N(CC#N)C(=O)C(CS)NC(=O)OC(C)(C)C. The summed E-state index contributed by atoms with van der Waals surface area (Å²) in [5, 5.41) is 14.7. The summed E-state index contributed by atoms with van der Waals surface area (Å²) < 4.78 is 5.22. The molecule has 0 spiro atoms. The molecule has 1 rings (SSSR count). The van der Waals surface area contributed by atoms with Crippen molar-refractivity contribution in [3.63, 3.8) is 0 Å². The molecule has 0 aliphatic rings. The number of ether oxygens (including phenoxy) is 1. The number of hydrogen-bond donors (Lipinski definition) is 3. The number of nitrogens with one attached hydrogen (secondary N) is 2. The summed E-state index contributed by atoms with van der Waals surface area (Å²) in [7, 11) is 0. The van der Waals surface area contributed by atoms with Crippen LogP contribution in [0.1, 0.15) is 52.1 Å². The van der Waals surface area contributed by atoms with Gasteiger partial charge in [0.15, 0.2) is 0 Å². The van der Waals surface area contributed by atoms with E-state index in [2.05, 4.69) is 23.3 Å². The Labute approximate surface area is 189 Å². The van der Waals surface area contributed by atoms with E-state index in [0.717, 1.165) is 17.7 Å². The number of unbranched alkanes of at least 4 members (excludes halogenated alkanes) is 1. The number of benzene rings is 1. The van der Waals surface area contributed by atoms with Gasteiger partial charge in [-0.2, -0.15) is 17.9 Å². The average molecular weight is 449 g/mol. The maximum Gasteiger partial charge on any atom is 0.408 e. The van der Waals surface area contributed by atoms with E-state index in [-0.39, 0.29) is 12.3 Å². The highest BCUT2D eigenvalue weighted by molar-refractivity contribution is 7.80. The lowest BCUT2D eigenvalue weighted by molar-refractivity contribution is -0.141. The lowest BCUT2D eigenvalue weighted by Gasteiger charge is -2.32. The highest BCUT2D eigenvalue weighted by Crippen LogP contribution is 2.22. The van der Waals surface area contributed by atoms with Crippen LogP contribution in [-0.2, 0) is 14.3 Å². The fourth-order valence-electron chi connectivity index (χ4n) is 2.80. The highest BCUT2D eigenvalue weighted by Gasteiger charge is 2.35. The highest BCUT2D eigenvalue weighted by atomic mass is 32.1. The fourth-order valence-corrected chi connectivity index (χ4v) is 3.05. The van der Waals surface area contributed by atoms with E-state index in [9.17, 15) is 19.6 Å². The summed E-state index contributed by atoms with van der Waals surface area (Å²) in [4.78, 5) is 39.6. The Bertz CT molecular complexity index is 774. The molecule has 0 saturated heterocycles. The summed E-state index contributed by atoms with van der Waals surface area (Å²) >= 11 is 4.18. The molecule has 8 nitrogen and oxygen atoms in total. The molecule has 0 saturated carbocycles. The number of nitrogens with zero attached hydrogens (tertiary/aromatic N) is 2. The van der Waals surface area contributed by atoms with Gasteiger partial charge in [0, 0.05) is 12.3 Å². The zero-order valence-electron chi connectivity index (χ0n) is 18.6. The van der Waals surface area contributed by atoms with Gasteiger partial charge in [-0.3, -0.25) is 9.59 Å². The smallest absolute Gasteiger partial charge is 0.408 e. The molecule has 9 heteroatoms. The predicted octanol–water partition coefficient (Wildman–Crippen LogP) is 2.82. The Kier molecular flexibility index (Phi) is 10.9. The molecule has 0 fully saturated rings. The van der Waals surface area contributed by atoms with Crippen LogP contribution in [-0.4, -0.2) is 53.3 Å². The van der Waals surface area contributed by atoms with Crippen LogP contribution >= 0.6 is 12.6 Å². The second-order valence-corrected chi connectivity index (χ2v) is 8.33. The summed E-state index contributed by atoms with van der Waals surface area (Å²) in [6.07, 6.45) is 0.915. The van der Waals surface area contributed by atoms with Crippen molar-refractivity contribution in [3.05, 3.63) is 35.9 Å². The fraction of sp³-hybridized carbons (Fsp3) is 0.545. The van der Waals surface area contributed by atoms with Gasteiger partial charge in [-0.25, -0.2) is 4.79 Å². The van der Waals surface area contributed by atoms with Gasteiger partial charge in [-0.15, -0.1) is 0 Å². The van der Waals surface area contributed by atoms with E-state index in [1.54, 1.807) is 51.1 Å². The van der Waals surface area contributed by atoms with Crippen LogP contribution in [0.4, 0.5) is 4.79 Å². The molecule has 1 aromatic rings. The number of thiol groups is 1. The number of rotatable bonds is 10. The van der Waals surface area contributed by atoms with Crippen LogP contribution in [0.3, 0.4) is 0 Å². The molecule has 2 atom stereocenters. The third-order valence-corrected chi connectivity index (χ3v) is 4.57. The van der Waals surface area contributed by atoms with Crippen molar-refractivity contribution in [2.45, 2.75) is 58.2 Å². The first-order valence-electron chi connectivity index (χ1n) is 10.2. The first-order valence-corrected chi connectivity index (χ1v) is 10.9. The van der Waals surface area contributed by atoms with Crippen molar-refractivity contribution >= 4 is 30.5 Å². The second kappa shape index (κ2) is 12.8. The third kappa shape index (κ3) is 8.89. The second-order valence-electron chi connectivity index (χ2n) is 7.96. The van der Waals surface area contributed by atoms with E-state index < -0.39 is 35.6 Å².